The van der Waals surface area contributed by atoms with Crippen molar-refractivity contribution < 1.29 is 44.6 Å². The number of carbonyl (C=O) groups excluding carboxylic acids is 2. The van der Waals surface area contributed by atoms with Crippen LogP contribution in [0.25, 0.3) is 0 Å². The second-order valence-electron chi connectivity index (χ2n) is 11.4. The maximum Gasteiger partial charge on any atom is 0.303 e. The first-order valence-electron chi connectivity index (χ1n) is 10.9. The first kappa shape index (κ1) is 21.7. The molecule has 0 amide bonds. The van der Waals surface area contributed by atoms with E-state index in [1.54, 1.807) is 20.8 Å². The highest BCUT2D eigenvalue weighted by Crippen LogP contribution is 2.90. The van der Waals surface area contributed by atoms with Gasteiger partial charge >= 0.3 is 5.97 Å². The van der Waals surface area contributed by atoms with Crippen LogP contribution in [0.2, 0.25) is 0 Å². The summed E-state index contributed by atoms with van der Waals surface area (Å²) in [5, 5.41) is 61.0. The molecule has 0 aromatic rings. The number of hydrogen-bond acceptors (Lipinski definition) is 9. The van der Waals surface area contributed by atoms with Crippen LogP contribution in [0.3, 0.4) is 0 Å². The van der Waals surface area contributed by atoms with Gasteiger partial charge in [-0.15, -0.1) is 0 Å². The van der Waals surface area contributed by atoms with Crippen molar-refractivity contribution >= 4 is 11.8 Å². The van der Waals surface area contributed by atoms with E-state index >= 15 is 0 Å². The third-order valence-corrected chi connectivity index (χ3v) is 10.3. The molecule has 31 heavy (non-hydrogen) atoms. The van der Waals surface area contributed by atoms with Crippen molar-refractivity contribution in [2.24, 2.45) is 22.7 Å². The molecular weight excluding hydrogens is 408 g/mol. The summed E-state index contributed by atoms with van der Waals surface area (Å²) >= 11 is 0. The summed E-state index contributed by atoms with van der Waals surface area (Å²) in [4.78, 5) is 24.8. The number of hydrogen-bond donors (Lipinski definition) is 5. The number of Topliss-reactive ketones (excluding diaryl/α,β-unsaturated/α-hetero) is 1. The van der Waals surface area contributed by atoms with Crippen LogP contribution in [0.1, 0.15) is 60.8 Å². The van der Waals surface area contributed by atoms with E-state index in [9.17, 15) is 35.1 Å². The second kappa shape index (κ2) is 5.03. The highest BCUT2D eigenvalue weighted by molar-refractivity contribution is 5.85. The van der Waals surface area contributed by atoms with Crippen LogP contribution in [0.15, 0.2) is 0 Å². The molecule has 9 heteroatoms. The molecule has 2 aliphatic heterocycles. The highest BCUT2D eigenvalue weighted by Gasteiger charge is 3.09. The topological polar surface area (TPSA) is 154 Å². The molecule has 6 aliphatic rings. The molecule has 4 aliphatic carbocycles. The number of rotatable bonds is 2. The van der Waals surface area contributed by atoms with Gasteiger partial charge in [-0.2, -0.15) is 0 Å². The van der Waals surface area contributed by atoms with E-state index in [4.69, 9.17) is 9.47 Å². The van der Waals surface area contributed by atoms with Gasteiger partial charge in [-0.1, -0.05) is 27.7 Å². The summed E-state index contributed by atoms with van der Waals surface area (Å²) in [6.07, 6.45) is -2.58. The van der Waals surface area contributed by atoms with Crippen LogP contribution in [0.5, 0.6) is 0 Å². The van der Waals surface area contributed by atoms with Crippen LogP contribution in [0, 0.1) is 22.7 Å². The molecule has 174 valence electrons. The van der Waals surface area contributed by atoms with Crippen molar-refractivity contribution in [1.82, 2.24) is 0 Å². The summed E-state index contributed by atoms with van der Waals surface area (Å²) in [6, 6.07) is 0. The Balaban J connectivity index is 1.94. The van der Waals surface area contributed by atoms with Gasteiger partial charge in [-0.3, -0.25) is 9.59 Å². The van der Waals surface area contributed by atoms with E-state index < -0.39 is 75.0 Å². The van der Waals surface area contributed by atoms with Crippen molar-refractivity contribution in [2.75, 3.05) is 0 Å². The third-order valence-electron chi connectivity index (χ3n) is 10.3. The fraction of sp³-hybridized carbons (Fsp3) is 0.909. The van der Waals surface area contributed by atoms with Gasteiger partial charge in [-0.05, 0) is 19.3 Å². The molecular formula is C22H32O9. The maximum absolute atomic E-state index is 12.7. The van der Waals surface area contributed by atoms with Gasteiger partial charge in [0, 0.05) is 31.1 Å². The molecule has 2 heterocycles. The van der Waals surface area contributed by atoms with E-state index in [0.29, 0.717) is 0 Å². The van der Waals surface area contributed by atoms with E-state index in [-0.39, 0.29) is 18.6 Å². The van der Waals surface area contributed by atoms with Crippen molar-refractivity contribution in [3.05, 3.63) is 0 Å². The standard InChI is InChI=1S/C22H32O9/c1-10(2)20(27)14(30-12(4)23)21(28)15(5)9-19(26)16(20,6)22(21,29)18(31-19)7-11(3)13(24)8-17(15,18)25/h10-11,14,25-29H,7-9H2,1-6H3/t11-,14-,15+,16-,17+,18-,19-,20-,21-,22+/m1/s1. The fourth-order valence-corrected chi connectivity index (χ4v) is 8.91. The lowest BCUT2D eigenvalue weighted by Gasteiger charge is -2.59. The third kappa shape index (κ3) is 1.48. The Morgan fingerprint density at radius 1 is 1.16 bits per heavy atom. The van der Waals surface area contributed by atoms with Crippen LogP contribution >= 0.6 is 0 Å². The SMILES string of the molecule is CC(=O)O[C@H]1[C@@]2(O)[C@@]3(C)C[C@@]4(O)O[C@@]5(C[C@@H](C)C(=O)C[C@]35O)[C@@]2(O)[C@@]4(C)[C@@]1(O)C(C)C. The molecule has 0 aromatic heterocycles. The lowest BCUT2D eigenvalue weighted by molar-refractivity contribution is -0.375. The molecule has 6 bridgehead atoms. The molecule has 10 atom stereocenters. The van der Waals surface area contributed by atoms with Gasteiger partial charge < -0.3 is 35.0 Å². The van der Waals surface area contributed by atoms with E-state index in [1.807, 2.05) is 0 Å². The highest BCUT2D eigenvalue weighted by atomic mass is 16.7. The zero-order valence-electron chi connectivity index (χ0n) is 18.7. The Labute approximate surface area is 180 Å². The van der Waals surface area contributed by atoms with Crippen molar-refractivity contribution in [2.45, 2.75) is 101 Å². The molecule has 1 spiro atoms. The van der Waals surface area contributed by atoms with Gasteiger partial charge in [0.05, 0.1) is 5.41 Å². The van der Waals surface area contributed by atoms with Crippen LogP contribution < -0.4 is 0 Å². The molecule has 6 rings (SSSR count). The minimum Gasteiger partial charge on any atom is -0.456 e. The molecule has 4 saturated carbocycles. The first-order chi connectivity index (χ1) is 13.9. The molecule has 5 N–H and O–H groups in total. The van der Waals surface area contributed by atoms with Crippen molar-refractivity contribution in [1.29, 1.82) is 0 Å². The fourth-order valence-electron chi connectivity index (χ4n) is 8.91. The predicted molar refractivity (Wildman–Crippen MR) is 103 cm³/mol. The summed E-state index contributed by atoms with van der Waals surface area (Å²) < 4.78 is 11.7. The molecule has 0 radical (unpaired) electrons. The van der Waals surface area contributed by atoms with Crippen LogP contribution in [0.4, 0.5) is 0 Å². The number of ketones is 1. The monoisotopic (exact) mass is 440 g/mol. The predicted octanol–water partition coefficient (Wildman–Crippen LogP) is -0.601. The Morgan fingerprint density at radius 3 is 2.26 bits per heavy atom. The van der Waals surface area contributed by atoms with Gasteiger partial charge in [-0.25, -0.2) is 0 Å². The summed E-state index contributed by atoms with van der Waals surface area (Å²) in [5.74, 6) is -4.51. The summed E-state index contributed by atoms with van der Waals surface area (Å²) in [6.45, 7) is 8.94. The minimum atomic E-state index is -2.42. The molecule has 0 unspecified atom stereocenters. The summed E-state index contributed by atoms with van der Waals surface area (Å²) in [7, 11) is 0. The normalized spacial score (nSPS) is 63.7. The zero-order valence-corrected chi connectivity index (χ0v) is 18.7. The molecule has 6 fully saturated rings. The van der Waals surface area contributed by atoms with Gasteiger partial charge in [0.2, 0.25) is 0 Å². The summed E-state index contributed by atoms with van der Waals surface area (Å²) in [5.41, 5.74) is -14.6. The van der Waals surface area contributed by atoms with Gasteiger partial charge in [0.15, 0.2) is 11.9 Å². The lowest BCUT2D eigenvalue weighted by atomic mass is 9.52. The number of ether oxygens (including phenoxy) is 2. The zero-order chi connectivity index (χ0) is 23.4. The Morgan fingerprint density at radius 2 is 1.74 bits per heavy atom. The van der Waals surface area contributed by atoms with Crippen LogP contribution in [-0.4, -0.2) is 77.2 Å². The quantitative estimate of drug-likeness (QED) is 0.354. The molecule has 9 nitrogen and oxygen atoms in total. The van der Waals surface area contributed by atoms with E-state index in [1.165, 1.54) is 13.8 Å². The first-order valence-corrected chi connectivity index (χ1v) is 10.9. The van der Waals surface area contributed by atoms with Crippen LogP contribution in [-0.2, 0) is 19.1 Å². The number of esters is 1. The minimum absolute atomic E-state index is 0.157. The molecule has 0 aromatic carbocycles. The Kier molecular flexibility index (Phi) is 3.52. The lowest BCUT2D eigenvalue weighted by Crippen LogP contribution is -2.73. The average Bonchev–Trinajstić information content (AvgIpc) is 2.86. The maximum atomic E-state index is 12.7. The number of carbonyl (C=O) groups is 2. The van der Waals surface area contributed by atoms with Gasteiger partial charge in [0.25, 0.3) is 0 Å². The van der Waals surface area contributed by atoms with Crippen molar-refractivity contribution in [3.63, 3.8) is 0 Å². The van der Waals surface area contributed by atoms with Gasteiger partial charge in [0.1, 0.15) is 33.8 Å². The van der Waals surface area contributed by atoms with E-state index in [2.05, 4.69) is 0 Å². The smallest absolute Gasteiger partial charge is 0.303 e. The van der Waals surface area contributed by atoms with E-state index in [0.717, 1.165) is 6.92 Å². The van der Waals surface area contributed by atoms with Crippen molar-refractivity contribution in [3.8, 4) is 0 Å². The second-order valence-corrected chi connectivity index (χ2v) is 11.4. The average molecular weight is 440 g/mol. The molecule has 2 saturated heterocycles. The Bertz CT molecular complexity index is 936. The largest absolute Gasteiger partial charge is 0.456 e. The Hall–Kier alpha value is -1.10. The number of aliphatic hydroxyl groups is 5.